The normalized spacial score (nSPS) is 22.2. The Kier molecular flexibility index (Phi) is 5.69. The van der Waals surface area contributed by atoms with Crippen LogP contribution in [0, 0.1) is 0 Å². The number of nitrogens with zero attached hydrogens (tertiary/aromatic N) is 3. The van der Waals surface area contributed by atoms with Crippen LogP contribution in [0.2, 0.25) is 0 Å². The first-order valence-electron chi connectivity index (χ1n) is 10.0. The van der Waals surface area contributed by atoms with Gasteiger partial charge in [0.1, 0.15) is 6.61 Å². The Hall–Kier alpha value is -2.64. The minimum atomic E-state index is -0.282. The van der Waals surface area contributed by atoms with Crippen LogP contribution in [0.3, 0.4) is 0 Å². The van der Waals surface area contributed by atoms with Gasteiger partial charge in [0.05, 0.1) is 19.3 Å². The summed E-state index contributed by atoms with van der Waals surface area (Å²) in [6, 6.07) is 11.6. The number of benzene rings is 1. The van der Waals surface area contributed by atoms with Crippen molar-refractivity contribution >= 4 is 5.91 Å². The van der Waals surface area contributed by atoms with E-state index in [0.717, 1.165) is 18.7 Å². The molecule has 0 bridgehead atoms. The summed E-state index contributed by atoms with van der Waals surface area (Å²) in [5.41, 5.74) is 0.959. The lowest BCUT2D eigenvalue weighted by Crippen LogP contribution is -2.62. The van der Waals surface area contributed by atoms with Gasteiger partial charge in [-0.25, -0.2) is 0 Å². The van der Waals surface area contributed by atoms with Gasteiger partial charge in [-0.3, -0.25) is 14.5 Å². The maximum absolute atomic E-state index is 13.4. The molecule has 1 aromatic heterocycles. The number of hydrogen-bond acceptors (Lipinski definition) is 5. The molecule has 2 saturated heterocycles. The van der Waals surface area contributed by atoms with E-state index in [0.29, 0.717) is 31.4 Å². The molecule has 0 unspecified atom stereocenters. The summed E-state index contributed by atoms with van der Waals surface area (Å²) in [4.78, 5) is 30.1. The number of pyridine rings is 1. The van der Waals surface area contributed by atoms with E-state index in [4.69, 9.17) is 9.47 Å². The zero-order chi connectivity index (χ0) is 20.4. The van der Waals surface area contributed by atoms with Crippen molar-refractivity contribution in [2.75, 3.05) is 32.8 Å². The van der Waals surface area contributed by atoms with E-state index in [1.165, 1.54) is 6.07 Å². The number of amides is 1. The lowest BCUT2D eigenvalue weighted by atomic mass is 10.1. The van der Waals surface area contributed by atoms with Crippen molar-refractivity contribution < 1.29 is 14.3 Å². The zero-order valence-corrected chi connectivity index (χ0v) is 16.9. The average Bonchev–Trinajstić information content (AvgIpc) is 2.74. The fraction of sp³-hybridized carbons (Fsp3) is 0.455. The molecule has 0 saturated carbocycles. The average molecular weight is 397 g/mol. The number of ether oxygens (including phenoxy) is 2. The highest BCUT2D eigenvalue weighted by atomic mass is 16.5. The van der Waals surface area contributed by atoms with Crippen molar-refractivity contribution in [1.29, 1.82) is 0 Å². The second-order valence-corrected chi connectivity index (χ2v) is 7.77. The number of piperazine rings is 1. The minimum absolute atomic E-state index is 0.111. The first kappa shape index (κ1) is 19.7. The number of carbonyl (C=O) groups is 1. The van der Waals surface area contributed by atoms with Crippen LogP contribution in [-0.2, 0) is 18.4 Å². The molecule has 2 aromatic rings. The molecule has 0 radical (unpaired) electrons. The van der Waals surface area contributed by atoms with Gasteiger partial charge in [0.15, 0.2) is 11.4 Å². The van der Waals surface area contributed by atoms with Gasteiger partial charge in [0, 0.05) is 45.0 Å². The smallest absolute Gasteiger partial charge is 0.274 e. The lowest BCUT2D eigenvalue weighted by molar-refractivity contribution is -0.0701. The predicted molar refractivity (Wildman–Crippen MR) is 109 cm³/mol. The van der Waals surface area contributed by atoms with Gasteiger partial charge in [-0.05, 0) is 12.5 Å². The fourth-order valence-corrected chi connectivity index (χ4v) is 4.13. The Morgan fingerprint density at radius 2 is 1.97 bits per heavy atom. The highest BCUT2D eigenvalue weighted by Crippen LogP contribution is 2.22. The third-order valence-electron chi connectivity index (χ3n) is 5.72. The first-order chi connectivity index (χ1) is 14.0. The molecular weight excluding hydrogens is 370 g/mol. The van der Waals surface area contributed by atoms with E-state index < -0.39 is 0 Å². The van der Waals surface area contributed by atoms with E-state index >= 15 is 0 Å². The Morgan fingerprint density at radius 3 is 2.76 bits per heavy atom. The summed E-state index contributed by atoms with van der Waals surface area (Å²) < 4.78 is 13.2. The quantitative estimate of drug-likeness (QED) is 0.783. The molecule has 1 aromatic carbocycles. The van der Waals surface area contributed by atoms with Crippen LogP contribution in [0.25, 0.3) is 0 Å². The van der Waals surface area contributed by atoms with Gasteiger partial charge in [-0.2, -0.15) is 0 Å². The summed E-state index contributed by atoms with van der Waals surface area (Å²) in [5.74, 6) is -0.0642. The third-order valence-corrected chi connectivity index (χ3v) is 5.72. The molecule has 0 spiro atoms. The molecule has 1 amide bonds. The standard InChI is InChI=1S/C22H27N3O4/c1-16-13-28-15-18-12-24(10-11-25(16)18)22(27)20-21(19(26)8-9-23(20)2)29-14-17-6-4-3-5-7-17/h3-9,16,18H,10-15H2,1-2H3/t16-,18+/m0/s1. The molecule has 0 aliphatic carbocycles. The highest BCUT2D eigenvalue weighted by Gasteiger charge is 2.36. The van der Waals surface area contributed by atoms with Crippen molar-refractivity contribution in [3.05, 3.63) is 64.1 Å². The summed E-state index contributed by atoms with van der Waals surface area (Å²) >= 11 is 0. The Balaban J connectivity index is 1.56. The third kappa shape index (κ3) is 4.06. The van der Waals surface area contributed by atoms with E-state index in [-0.39, 0.29) is 29.7 Å². The molecule has 2 aliphatic rings. The summed E-state index contributed by atoms with van der Waals surface area (Å²) in [6.45, 7) is 5.77. The van der Waals surface area contributed by atoms with Crippen LogP contribution in [0.5, 0.6) is 5.75 Å². The van der Waals surface area contributed by atoms with Crippen LogP contribution >= 0.6 is 0 Å². The lowest BCUT2D eigenvalue weighted by Gasteiger charge is -2.47. The highest BCUT2D eigenvalue weighted by molar-refractivity contribution is 5.95. The summed E-state index contributed by atoms with van der Waals surface area (Å²) in [7, 11) is 1.77. The second-order valence-electron chi connectivity index (χ2n) is 7.77. The Morgan fingerprint density at radius 1 is 1.17 bits per heavy atom. The van der Waals surface area contributed by atoms with E-state index in [1.54, 1.807) is 17.8 Å². The number of aryl methyl sites for hydroxylation is 1. The largest absolute Gasteiger partial charge is 0.483 e. The molecule has 4 rings (SSSR count). The Labute approximate surface area is 170 Å². The monoisotopic (exact) mass is 397 g/mol. The molecule has 154 valence electrons. The molecule has 3 heterocycles. The molecule has 2 atom stereocenters. The number of morpholine rings is 1. The van der Waals surface area contributed by atoms with Crippen LogP contribution in [0.1, 0.15) is 23.0 Å². The molecule has 29 heavy (non-hydrogen) atoms. The first-order valence-corrected chi connectivity index (χ1v) is 10.0. The number of hydrogen-bond donors (Lipinski definition) is 0. The van der Waals surface area contributed by atoms with Gasteiger partial charge < -0.3 is 18.9 Å². The number of aromatic nitrogens is 1. The zero-order valence-electron chi connectivity index (χ0n) is 16.9. The van der Waals surface area contributed by atoms with Crippen LogP contribution in [-0.4, -0.2) is 65.2 Å². The van der Waals surface area contributed by atoms with E-state index in [1.807, 2.05) is 35.2 Å². The summed E-state index contributed by atoms with van der Waals surface area (Å²) in [5, 5.41) is 0. The van der Waals surface area contributed by atoms with Crippen LogP contribution < -0.4 is 10.2 Å². The molecule has 7 nitrogen and oxygen atoms in total. The number of rotatable bonds is 4. The van der Waals surface area contributed by atoms with Gasteiger partial charge in [-0.15, -0.1) is 0 Å². The number of carbonyl (C=O) groups excluding carboxylic acids is 1. The van der Waals surface area contributed by atoms with Crippen molar-refractivity contribution in [1.82, 2.24) is 14.4 Å². The molecule has 0 N–H and O–H groups in total. The van der Waals surface area contributed by atoms with Gasteiger partial charge in [0.2, 0.25) is 5.43 Å². The molecule has 2 fully saturated rings. The second kappa shape index (κ2) is 8.39. The SMILES string of the molecule is C[C@H]1COC[C@H]2CN(C(=O)c3c(OCc4ccccc4)c(=O)ccn3C)CCN21. The predicted octanol–water partition coefficient (Wildman–Crippen LogP) is 1.51. The van der Waals surface area contributed by atoms with Gasteiger partial charge >= 0.3 is 0 Å². The van der Waals surface area contributed by atoms with Crippen molar-refractivity contribution in [2.24, 2.45) is 7.05 Å². The van der Waals surface area contributed by atoms with Crippen molar-refractivity contribution in [3.63, 3.8) is 0 Å². The maximum atomic E-state index is 13.4. The van der Waals surface area contributed by atoms with Gasteiger partial charge in [-0.1, -0.05) is 30.3 Å². The van der Waals surface area contributed by atoms with E-state index in [9.17, 15) is 9.59 Å². The van der Waals surface area contributed by atoms with Crippen LogP contribution in [0.15, 0.2) is 47.4 Å². The van der Waals surface area contributed by atoms with Crippen molar-refractivity contribution in [2.45, 2.75) is 25.6 Å². The Bertz CT molecular complexity index is 927. The topological polar surface area (TPSA) is 64.0 Å². The van der Waals surface area contributed by atoms with Crippen molar-refractivity contribution in [3.8, 4) is 5.75 Å². The minimum Gasteiger partial charge on any atom is -0.483 e. The van der Waals surface area contributed by atoms with Gasteiger partial charge in [0.25, 0.3) is 5.91 Å². The maximum Gasteiger partial charge on any atom is 0.274 e. The molecular formula is C22H27N3O4. The summed E-state index contributed by atoms with van der Waals surface area (Å²) in [6.07, 6.45) is 1.62. The van der Waals surface area contributed by atoms with Crippen LogP contribution in [0.4, 0.5) is 0 Å². The number of fused-ring (bicyclic) bond motifs is 1. The van der Waals surface area contributed by atoms with E-state index in [2.05, 4.69) is 11.8 Å². The molecule has 7 heteroatoms. The fourth-order valence-electron chi connectivity index (χ4n) is 4.13. The molecule has 2 aliphatic heterocycles.